The Kier molecular flexibility index (Phi) is 6.52. The van der Waals surface area contributed by atoms with Crippen molar-refractivity contribution in [1.82, 2.24) is 5.32 Å². The summed E-state index contributed by atoms with van der Waals surface area (Å²) in [7, 11) is 0. The van der Waals surface area contributed by atoms with E-state index in [0.29, 0.717) is 31.2 Å². The van der Waals surface area contributed by atoms with Crippen molar-refractivity contribution in [1.29, 1.82) is 0 Å². The van der Waals surface area contributed by atoms with E-state index in [2.05, 4.69) is 47.8 Å². The van der Waals surface area contributed by atoms with E-state index in [4.69, 9.17) is 9.47 Å². The van der Waals surface area contributed by atoms with Crippen molar-refractivity contribution in [2.75, 3.05) is 19.8 Å². The van der Waals surface area contributed by atoms with E-state index in [1.165, 1.54) is 40.7 Å². The Morgan fingerprint density at radius 3 is 2.76 bits per heavy atom. The van der Waals surface area contributed by atoms with Crippen LogP contribution >= 0.6 is 0 Å². The molecular formula is C28H33NO4. The van der Waals surface area contributed by atoms with Gasteiger partial charge in [-0.1, -0.05) is 42.5 Å². The Hall–Kier alpha value is -2.63. The molecule has 3 aliphatic rings. The number of amides is 1. The second-order valence-corrected chi connectivity index (χ2v) is 9.39. The molecule has 0 aromatic heterocycles. The highest BCUT2D eigenvalue weighted by Gasteiger charge is 2.39. The quantitative estimate of drug-likeness (QED) is 0.506. The van der Waals surface area contributed by atoms with Crippen LogP contribution in [0.4, 0.5) is 0 Å². The van der Waals surface area contributed by atoms with Crippen molar-refractivity contribution in [3.63, 3.8) is 0 Å². The molecule has 33 heavy (non-hydrogen) atoms. The van der Waals surface area contributed by atoms with Crippen LogP contribution < -0.4 is 5.32 Å². The number of nitrogens with one attached hydrogen (secondary N) is 1. The first kappa shape index (κ1) is 22.2. The first-order valence-corrected chi connectivity index (χ1v) is 12.3. The molecule has 1 aliphatic heterocycles. The van der Waals surface area contributed by atoms with E-state index >= 15 is 0 Å². The number of allylic oxidation sites excluding steroid dienone is 1. The van der Waals surface area contributed by atoms with E-state index in [-0.39, 0.29) is 24.3 Å². The van der Waals surface area contributed by atoms with Gasteiger partial charge in [0.1, 0.15) is 0 Å². The Morgan fingerprint density at radius 2 is 1.97 bits per heavy atom. The molecule has 5 heteroatoms. The molecule has 1 saturated carbocycles. The molecule has 2 aliphatic carbocycles. The summed E-state index contributed by atoms with van der Waals surface area (Å²) in [5.41, 5.74) is 6.46. The van der Waals surface area contributed by atoms with Crippen molar-refractivity contribution >= 4 is 5.91 Å². The van der Waals surface area contributed by atoms with E-state index in [1.807, 2.05) is 13.0 Å². The molecule has 2 N–H and O–H groups in total. The van der Waals surface area contributed by atoms with E-state index in [9.17, 15) is 9.90 Å². The van der Waals surface area contributed by atoms with Gasteiger partial charge in [-0.15, -0.1) is 0 Å². The fourth-order valence-electron chi connectivity index (χ4n) is 5.26. The van der Waals surface area contributed by atoms with Crippen LogP contribution in [0.2, 0.25) is 0 Å². The molecule has 1 fully saturated rings. The second-order valence-electron chi connectivity index (χ2n) is 9.39. The molecule has 1 amide bonds. The molecule has 2 aromatic carbocycles. The Labute approximate surface area is 195 Å². The zero-order valence-corrected chi connectivity index (χ0v) is 19.3. The van der Waals surface area contributed by atoms with Crippen LogP contribution in [0.5, 0.6) is 0 Å². The van der Waals surface area contributed by atoms with Gasteiger partial charge in [0.15, 0.2) is 5.76 Å². The minimum atomic E-state index is -0.516. The Balaban J connectivity index is 1.53. The zero-order valence-electron chi connectivity index (χ0n) is 19.3. The zero-order chi connectivity index (χ0) is 22.8. The standard InChI is InChI=1S/C28H33NO4/c1-2-32-28-23(11-6-14-30)25(16-26(33-28)27(31)29-17-18-12-13-18)22-10-5-9-21-20-8-4-3-7-19(20)15-24(21)22/h3-5,7-10,16,18,23,25,28,30H,2,6,11-15,17H2,1H3,(H,29,31)/t23-,25+,28+/m1/s1. The summed E-state index contributed by atoms with van der Waals surface area (Å²) in [5, 5.41) is 12.6. The number of carbonyl (C=O) groups excluding carboxylic acids is 1. The number of aliphatic hydroxyl groups is 1. The fourth-order valence-corrected chi connectivity index (χ4v) is 5.26. The Bertz CT molecular complexity index is 1040. The van der Waals surface area contributed by atoms with E-state index < -0.39 is 6.29 Å². The van der Waals surface area contributed by atoms with Crippen LogP contribution in [-0.4, -0.2) is 37.1 Å². The van der Waals surface area contributed by atoms with Gasteiger partial charge >= 0.3 is 0 Å². The number of fused-ring (bicyclic) bond motifs is 3. The summed E-state index contributed by atoms with van der Waals surface area (Å²) in [4.78, 5) is 13.0. The third-order valence-corrected chi connectivity index (χ3v) is 7.13. The molecule has 3 atom stereocenters. The smallest absolute Gasteiger partial charge is 0.286 e. The van der Waals surface area contributed by atoms with Gasteiger partial charge in [-0.2, -0.15) is 0 Å². The lowest BCUT2D eigenvalue weighted by atomic mass is 9.78. The van der Waals surface area contributed by atoms with Gasteiger partial charge in [0.05, 0.1) is 0 Å². The van der Waals surface area contributed by atoms with Gasteiger partial charge in [0, 0.05) is 31.6 Å². The lowest BCUT2D eigenvalue weighted by Gasteiger charge is -2.37. The van der Waals surface area contributed by atoms with Gasteiger partial charge in [0.25, 0.3) is 5.91 Å². The molecule has 0 unspecified atom stereocenters. The summed E-state index contributed by atoms with van der Waals surface area (Å²) in [6, 6.07) is 15.1. The molecule has 5 rings (SSSR count). The number of benzene rings is 2. The molecule has 5 nitrogen and oxygen atoms in total. The molecule has 2 aromatic rings. The minimum Gasteiger partial charge on any atom is -0.459 e. The monoisotopic (exact) mass is 447 g/mol. The predicted octanol–water partition coefficient (Wildman–Crippen LogP) is 4.53. The van der Waals surface area contributed by atoms with Crippen LogP contribution in [0.25, 0.3) is 11.1 Å². The van der Waals surface area contributed by atoms with Crippen LogP contribution in [0.3, 0.4) is 0 Å². The van der Waals surface area contributed by atoms with Crippen LogP contribution in [0.15, 0.2) is 54.3 Å². The van der Waals surface area contributed by atoms with Crippen molar-refractivity contribution in [2.24, 2.45) is 11.8 Å². The summed E-state index contributed by atoms with van der Waals surface area (Å²) in [6.45, 7) is 3.28. The third kappa shape index (κ3) is 4.57. The average molecular weight is 448 g/mol. The third-order valence-electron chi connectivity index (χ3n) is 7.13. The summed E-state index contributed by atoms with van der Waals surface area (Å²) >= 11 is 0. The highest BCUT2D eigenvalue weighted by atomic mass is 16.7. The minimum absolute atomic E-state index is 0.0206. The maximum absolute atomic E-state index is 13.0. The highest BCUT2D eigenvalue weighted by molar-refractivity contribution is 5.92. The summed E-state index contributed by atoms with van der Waals surface area (Å²) in [6.07, 6.45) is 6.17. The number of ether oxygens (including phenoxy) is 2. The van der Waals surface area contributed by atoms with Crippen molar-refractivity contribution < 1.29 is 19.4 Å². The molecule has 0 bridgehead atoms. The molecule has 1 heterocycles. The van der Waals surface area contributed by atoms with E-state index in [1.54, 1.807) is 0 Å². The number of hydrogen-bond acceptors (Lipinski definition) is 4. The Morgan fingerprint density at radius 1 is 1.15 bits per heavy atom. The second kappa shape index (κ2) is 9.70. The van der Waals surface area contributed by atoms with Gasteiger partial charge in [-0.3, -0.25) is 4.79 Å². The van der Waals surface area contributed by atoms with Gasteiger partial charge in [-0.25, -0.2) is 0 Å². The predicted molar refractivity (Wildman–Crippen MR) is 128 cm³/mol. The average Bonchev–Trinajstić information content (AvgIpc) is 3.59. The van der Waals surface area contributed by atoms with Crippen molar-refractivity contribution in [3.8, 4) is 11.1 Å². The number of carbonyl (C=O) groups is 1. The van der Waals surface area contributed by atoms with Gasteiger partial charge in [0.2, 0.25) is 6.29 Å². The molecular weight excluding hydrogens is 414 g/mol. The summed E-state index contributed by atoms with van der Waals surface area (Å²) in [5.74, 6) is 0.797. The molecule has 0 radical (unpaired) electrons. The maximum atomic E-state index is 13.0. The van der Waals surface area contributed by atoms with Crippen LogP contribution in [0.1, 0.15) is 55.2 Å². The first-order valence-electron chi connectivity index (χ1n) is 12.3. The number of aliphatic hydroxyl groups excluding tert-OH is 1. The fraction of sp³-hybridized carbons (Fsp3) is 0.464. The van der Waals surface area contributed by atoms with Crippen LogP contribution in [0, 0.1) is 11.8 Å². The normalized spacial score (nSPS) is 23.3. The maximum Gasteiger partial charge on any atom is 0.286 e. The molecule has 0 spiro atoms. The largest absolute Gasteiger partial charge is 0.459 e. The highest BCUT2D eigenvalue weighted by Crippen LogP contribution is 2.46. The van der Waals surface area contributed by atoms with Gasteiger partial charge in [-0.05, 0) is 78.8 Å². The lowest BCUT2D eigenvalue weighted by molar-refractivity contribution is -0.166. The molecule has 174 valence electrons. The van der Waals surface area contributed by atoms with Crippen LogP contribution in [-0.2, 0) is 20.7 Å². The summed E-state index contributed by atoms with van der Waals surface area (Å²) < 4.78 is 12.1. The number of rotatable bonds is 9. The topological polar surface area (TPSA) is 67.8 Å². The van der Waals surface area contributed by atoms with Crippen molar-refractivity contribution in [3.05, 3.63) is 71.0 Å². The number of hydrogen-bond donors (Lipinski definition) is 2. The molecule has 0 saturated heterocycles. The SMILES string of the molecule is CCO[C@H]1OC(C(=O)NCC2CC2)=C[C@@H](c2cccc3c2Cc2ccccc2-3)[C@H]1CCCO. The lowest BCUT2D eigenvalue weighted by Crippen LogP contribution is -2.39. The first-order chi connectivity index (χ1) is 16.2. The van der Waals surface area contributed by atoms with Crippen molar-refractivity contribution in [2.45, 2.75) is 51.2 Å². The van der Waals surface area contributed by atoms with E-state index in [0.717, 1.165) is 12.8 Å². The van der Waals surface area contributed by atoms with Gasteiger partial charge < -0.3 is 19.9 Å².